The minimum absolute atomic E-state index is 0.120. The van der Waals surface area contributed by atoms with Gasteiger partial charge in [0.2, 0.25) is 0 Å². The zero-order valence-electron chi connectivity index (χ0n) is 5.09. The number of hydrazine groups is 2. The Bertz CT molecular complexity index is 79.3. The fourth-order valence-corrected chi connectivity index (χ4v) is 0.298. The Labute approximate surface area is 48.4 Å². The fraction of sp³-hybridized carbons (Fsp3) is 0.750. The number of carbonyl (C=O) groups is 1. The van der Waals surface area contributed by atoms with Crippen LogP contribution in [0.4, 0.5) is 0 Å². The molecule has 0 heterocycles. The smallest absolute Gasteiger partial charge is 0.253 e. The molecule has 0 saturated heterocycles. The summed E-state index contributed by atoms with van der Waals surface area (Å²) < 4.78 is 0. The molecule has 0 fully saturated rings. The first-order valence-corrected chi connectivity index (χ1v) is 2.39. The van der Waals surface area contributed by atoms with Crippen LogP contribution >= 0.6 is 0 Å². The molecule has 48 valence electrons. The first kappa shape index (κ1) is 7.39. The zero-order valence-corrected chi connectivity index (χ0v) is 5.09. The van der Waals surface area contributed by atoms with Crippen molar-refractivity contribution in [2.45, 2.75) is 13.8 Å². The van der Waals surface area contributed by atoms with E-state index in [9.17, 15) is 4.79 Å². The summed E-state index contributed by atoms with van der Waals surface area (Å²) in [6.07, 6.45) is 0. The molecule has 4 nitrogen and oxygen atoms in total. The Kier molecular flexibility index (Phi) is 2.44. The van der Waals surface area contributed by atoms with Crippen LogP contribution in [0.25, 0.3) is 0 Å². The van der Waals surface area contributed by atoms with Gasteiger partial charge in [-0.25, -0.2) is 16.8 Å². The van der Waals surface area contributed by atoms with E-state index < -0.39 is 0 Å². The molecule has 0 aromatic carbocycles. The van der Waals surface area contributed by atoms with Crippen LogP contribution in [0.1, 0.15) is 13.8 Å². The fourth-order valence-electron chi connectivity index (χ4n) is 0.298. The topological polar surface area (TPSA) is 72.3 Å². The maximum Gasteiger partial charge on any atom is 0.253 e. The second-order valence-electron chi connectivity index (χ2n) is 1.90. The summed E-state index contributed by atoms with van der Waals surface area (Å²) >= 11 is 0. The van der Waals surface area contributed by atoms with Gasteiger partial charge in [0.1, 0.15) is 0 Å². The van der Waals surface area contributed by atoms with Crippen molar-refractivity contribution >= 4 is 5.91 Å². The summed E-state index contributed by atoms with van der Waals surface area (Å²) in [6.45, 7) is 3.46. The van der Waals surface area contributed by atoms with Crippen LogP contribution in [0.2, 0.25) is 0 Å². The van der Waals surface area contributed by atoms with Gasteiger partial charge in [0.05, 0.1) is 0 Å². The van der Waals surface area contributed by atoms with E-state index in [-0.39, 0.29) is 11.8 Å². The average molecular weight is 117 g/mol. The molecule has 0 aliphatic heterocycles. The van der Waals surface area contributed by atoms with Crippen molar-refractivity contribution in [3.63, 3.8) is 0 Å². The molecule has 0 bridgehead atoms. The summed E-state index contributed by atoms with van der Waals surface area (Å²) in [5.41, 5.74) is 0. The minimum atomic E-state index is -0.259. The predicted octanol–water partition coefficient (Wildman–Crippen LogP) is -0.782. The molecule has 0 aliphatic carbocycles. The molecule has 0 atom stereocenters. The average Bonchev–Trinajstić information content (AvgIpc) is 1.64. The number of nitrogens with two attached hydrogens (primary N) is 2. The van der Waals surface area contributed by atoms with E-state index in [2.05, 4.69) is 0 Å². The number of hydrogen-bond donors (Lipinski definition) is 2. The SMILES string of the molecule is CC(C)C(=O)N(N)N. The van der Waals surface area contributed by atoms with Gasteiger partial charge in [-0.1, -0.05) is 13.8 Å². The minimum Gasteiger partial charge on any atom is -0.272 e. The number of nitrogens with zero attached hydrogens (tertiary/aromatic N) is 1. The van der Waals surface area contributed by atoms with Crippen LogP contribution < -0.4 is 11.7 Å². The third kappa shape index (κ3) is 1.90. The highest BCUT2D eigenvalue weighted by molar-refractivity contribution is 5.76. The summed E-state index contributed by atoms with van der Waals surface area (Å²) in [7, 11) is 0. The maximum atomic E-state index is 10.5. The Morgan fingerprint density at radius 2 is 1.88 bits per heavy atom. The van der Waals surface area contributed by atoms with Gasteiger partial charge >= 0.3 is 0 Å². The van der Waals surface area contributed by atoms with Crippen LogP contribution in [0, 0.1) is 5.92 Å². The van der Waals surface area contributed by atoms with Crippen molar-refractivity contribution in [3.8, 4) is 0 Å². The van der Waals surface area contributed by atoms with Crippen molar-refractivity contribution < 1.29 is 4.79 Å². The van der Waals surface area contributed by atoms with Crippen molar-refractivity contribution in [2.24, 2.45) is 17.6 Å². The van der Waals surface area contributed by atoms with E-state index in [1.165, 1.54) is 0 Å². The lowest BCUT2D eigenvalue weighted by Crippen LogP contribution is -2.45. The van der Waals surface area contributed by atoms with Gasteiger partial charge in [-0.15, -0.1) is 0 Å². The molecule has 0 spiro atoms. The quantitative estimate of drug-likeness (QED) is 0.269. The Hall–Kier alpha value is -0.610. The summed E-state index contributed by atoms with van der Waals surface area (Å²) in [6, 6.07) is 0. The molecule has 1 amide bonds. The van der Waals surface area contributed by atoms with E-state index in [0.29, 0.717) is 5.12 Å². The first-order chi connectivity index (χ1) is 3.55. The second-order valence-corrected chi connectivity index (χ2v) is 1.90. The van der Waals surface area contributed by atoms with Crippen molar-refractivity contribution in [1.82, 2.24) is 5.12 Å². The van der Waals surface area contributed by atoms with Crippen molar-refractivity contribution in [1.29, 1.82) is 0 Å². The lowest BCUT2D eigenvalue weighted by atomic mass is 10.2. The lowest BCUT2D eigenvalue weighted by molar-refractivity contribution is -0.135. The summed E-state index contributed by atoms with van der Waals surface area (Å²) in [5.74, 6) is 9.42. The maximum absolute atomic E-state index is 10.5. The lowest BCUT2D eigenvalue weighted by Gasteiger charge is -2.10. The second kappa shape index (κ2) is 2.64. The predicted molar refractivity (Wildman–Crippen MR) is 30.1 cm³/mol. The van der Waals surface area contributed by atoms with E-state index in [4.69, 9.17) is 11.7 Å². The summed E-state index contributed by atoms with van der Waals surface area (Å²) in [5, 5.41) is 0.602. The normalized spacial score (nSPS) is 9.62. The molecule has 0 aromatic rings. The molecule has 0 aliphatic rings. The number of hydrogen-bond acceptors (Lipinski definition) is 3. The number of amides is 1. The van der Waals surface area contributed by atoms with E-state index in [1.807, 2.05) is 0 Å². The highest BCUT2D eigenvalue weighted by atomic mass is 16.2. The summed E-state index contributed by atoms with van der Waals surface area (Å²) in [4.78, 5) is 10.5. The molecule has 8 heavy (non-hydrogen) atoms. The van der Waals surface area contributed by atoms with Gasteiger partial charge in [0.15, 0.2) is 0 Å². The van der Waals surface area contributed by atoms with Crippen LogP contribution in [0.3, 0.4) is 0 Å². The Morgan fingerprint density at radius 3 is 1.88 bits per heavy atom. The van der Waals surface area contributed by atoms with Crippen LogP contribution in [0.5, 0.6) is 0 Å². The molecule has 0 radical (unpaired) electrons. The first-order valence-electron chi connectivity index (χ1n) is 2.39. The standard InChI is InChI=1S/C4H11N3O/c1-3(2)4(8)7(5)6/h3H,5-6H2,1-2H3. The molecular formula is C4H11N3O. The van der Waals surface area contributed by atoms with Gasteiger partial charge in [-0.05, 0) is 0 Å². The Balaban J connectivity index is 3.65. The zero-order chi connectivity index (χ0) is 6.73. The third-order valence-electron chi connectivity index (χ3n) is 0.748. The van der Waals surface area contributed by atoms with Crippen molar-refractivity contribution in [2.75, 3.05) is 0 Å². The third-order valence-corrected chi connectivity index (χ3v) is 0.748. The van der Waals surface area contributed by atoms with Gasteiger partial charge < -0.3 is 0 Å². The molecule has 4 N–H and O–H groups in total. The van der Waals surface area contributed by atoms with Crippen LogP contribution in [0.15, 0.2) is 0 Å². The Morgan fingerprint density at radius 1 is 1.50 bits per heavy atom. The van der Waals surface area contributed by atoms with Gasteiger partial charge in [0.25, 0.3) is 5.91 Å². The van der Waals surface area contributed by atoms with E-state index in [1.54, 1.807) is 13.8 Å². The largest absolute Gasteiger partial charge is 0.272 e. The molecule has 4 heteroatoms. The molecular weight excluding hydrogens is 106 g/mol. The highest BCUT2D eigenvalue weighted by Crippen LogP contribution is 1.91. The monoisotopic (exact) mass is 117 g/mol. The van der Waals surface area contributed by atoms with Gasteiger partial charge in [-0.3, -0.25) is 4.79 Å². The van der Waals surface area contributed by atoms with Crippen LogP contribution in [-0.2, 0) is 4.79 Å². The highest BCUT2D eigenvalue weighted by Gasteiger charge is 2.08. The molecule has 0 unspecified atom stereocenters. The van der Waals surface area contributed by atoms with Crippen LogP contribution in [-0.4, -0.2) is 11.0 Å². The molecule has 0 aromatic heterocycles. The van der Waals surface area contributed by atoms with E-state index in [0.717, 1.165) is 0 Å². The van der Waals surface area contributed by atoms with Gasteiger partial charge in [0, 0.05) is 5.92 Å². The van der Waals surface area contributed by atoms with Gasteiger partial charge in [-0.2, -0.15) is 0 Å². The molecule has 0 saturated carbocycles. The number of rotatable bonds is 1. The van der Waals surface area contributed by atoms with Crippen molar-refractivity contribution in [3.05, 3.63) is 0 Å². The molecule has 0 rings (SSSR count). The number of carbonyl (C=O) groups excluding carboxylic acids is 1. The van der Waals surface area contributed by atoms with E-state index >= 15 is 0 Å².